The first-order valence-corrected chi connectivity index (χ1v) is 10.1. The van der Waals surface area contributed by atoms with E-state index in [1.54, 1.807) is 24.6 Å². The third-order valence-corrected chi connectivity index (χ3v) is 5.28. The van der Waals surface area contributed by atoms with Crippen LogP contribution in [0, 0.1) is 17.5 Å². The molecule has 0 unspecified atom stereocenters. The summed E-state index contributed by atoms with van der Waals surface area (Å²) in [5, 5.41) is 13.6. The molecular weight excluding hydrogens is 431 g/mol. The van der Waals surface area contributed by atoms with E-state index in [2.05, 4.69) is 20.8 Å². The first kappa shape index (κ1) is 22.3. The van der Waals surface area contributed by atoms with E-state index < -0.39 is 35.3 Å². The number of anilines is 1. The second kappa shape index (κ2) is 9.65. The fourth-order valence-electron chi connectivity index (χ4n) is 2.71. The predicted molar refractivity (Wildman–Crippen MR) is 109 cm³/mol. The molecule has 0 bridgehead atoms. The van der Waals surface area contributed by atoms with Crippen molar-refractivity contribution in [2.24, 2.45) is 7.05 Å². The van der Waals surface area contributed by atoms with Gasteiger partial charge in [-0.3, -0.25) is 9.59 Å². The SMILES string of the molecule is C[C@H](NC(=O)c1ccccc1F)c1nnc(SCC(=O)Nc2ccc(F)c(F)c2)n1C. The van der Waals surface area contributed by atoms with E-state index >= 15 is 0 Å². The van der Waals surface area contributed by atoms with Crippen LogP contribution in [0.4, 0.5) is 18.9 Å². The zero-order valence-corrected chi connectivity index (χ0v) is 17.3. The van der Waals surface area contributed by atoms with Gasteiger partial charge in [0.25, 0.3) is 5.91 Å². The molecule has 2 amide bonds. The maximum Gasteiger partial charge on any atom is 0.254 e. The highest BCUT2D eigenvalue weighted by molar-refractivity contribution is 7.99. The van der Waals surface area contributed by atoms with E-state index in [-0.39, 0.29) is 17.0 Å². The van der Waals surface area contributed by atoms with Crippen LogP contribution in [0.25, 0.3) is 0 Å². The molecule has 0 aliphatic carbocycles. The Labute approximate surface area is 180 Å². The molecule has 31 heavy (non-hydrogen) atoms. The number of amides is 2. The van der Waals surface area contributed by atoms with Gasteiger partial charge in [0.2, 0.25) is 5.91 Å². The molecule has 0 aliphatic heterocycles. The van der Waals surface area contributed by atoms with Gasteiger partial charge >= 0.3 is 0 Å². The molecule has 0 spiro atoms. The molecular formula is C20H18F3N5O2S. The normalized spacial score (nSPS) is 11.8. The Morgan fingerprint density at radius 2 is 1.81 bits per heavy atom. The summed E-state index contributed by atoms with van der Waals surface area (Å²) in [6, 6.07) is 8.11. The Morgan fingerprint density at radius 1 is 1.06 bits per heavy atom. The average molecular weight is 449 g/mol. The van der Waals surface area contributed by atoms with Crippen molar-refractivity contribution >= 4 is 29.3 Å². The summed E-state index contributed by atoms with van der Waals surface area (Å²) in [4.78, 5) is 24.4. The minimum atomic E-state index is -1.06. The molecule has 0 fully saturated rings. The largest absolute Gasteiger partial charge is 0.342 e. The number of carbonyl (C=O) groups is 2. The number of thioether (sulfide) groups is 1. The first-order valence-electron chi connectivity index (χ1n) is 9.08. The van der Waals surface area contributed by atoms with Crippen molar-refractivity contribution in [1.82, 2.24) is 20.1 Å². The highest BCUT2D eigenvalue weighted by atomic mass is 32.2. The lowest BCUT2D eigenvalue weighted by atomic mass is 10.2. The number of halogens is 3. The zero-order chi connectivity index (χ0) is 22.5. The van der Waals surface area contributed by atoms with Crippen LogP contribution in [0.15, 0.2) is 47.6 Å². The summed E-state index contributed by atoms with van der Waals surface area (Å²) in [6.07, 6.45) is 0. The van der Waals surface area contributed by atoms with Gasteiger partial charge < -0.3 is 15.2 Å². The van der Waals surface area contributed by atoms with Crippen LogP contribution in [0.3, 0.4) is 0 Å². The first-order chi connectivity index (χ1) is 14.8. The van der Waals surface area contributed by atoms with E-state index in [1.165, 1.54) is 24.3 Å². The van der Waals surface area contributed by atoms with Crippen LogP contribution in [-0.4, -0.2) is 32.3 Å². The molecule has 11 heteroatoms. The number of nitrogens with zero attached hydrogens (tertiary/aromatic N) is 3. The van der Waals surface area contributed by atoms with Crippen LogP contribution in [0.5, 0.6) is 0 Å². The molecule has 0 aliphatic rings. The van der Waals surface area contributed by atoms with Gasteiger partial charge in [-0.1, -0.05) is 23.9 Å². The molecule has 1 aromatic heterocycles. The van der Waals surface area contributed by atoms with Crippen LogP contribution in [0.2, 0.25) is 0 Å². The maximum absolute atomic E-state index is 13.8. The van der Waals surface area contributed by atoms with Crippen molar-refractivity contribution in [3.63, 3.8) is 0 Å². The highest BCUT2D eigenvalue weighted by Gasteiger charge is 2.20. The molecule has 3 rings (SSSR count). The Balaban J connectivity index is 1.59. The highest BCUT2D eigenvalue weighted by Crippen LogP contribution is 2.20. The van der Waals surface area contributed by atoms with Crippen molar-refractivity contribution < 1.29 is 22.8 Å². The Hall–Kier alpha value is -3.34. The second-order valence-corrected chi connectivity index (χ2v) is 7.48. The average Bonchev–Trinajstić information content (AvgIpc) is 3.10. The topological polar surface area (TPSA) is 88.9 Å². The van der Waals surface area contributed by atoms with Crippen LogP contribution >= 0.6 is 11.8 Å². The van der Waals surface area contributed by atoms with Gasteiger partial charge in [0, 0.05) is 18.8 Å². The van der Waals surface area contributed by atoms with E-state index in [0.717, 1.165) is 23.9 Å². The van der Waals surface area contributed by atoms with Gasteiger partial charge in [-0.15, -0.1) is 10.2 Å². The lowest BCUT2D eigenvalue weighted by Crippen LogP contribution is -2.29. The minimum absolute atomic E-state index is 0.0546. The maximum atomic E-state index is 13.8. The molecule has 2 N–H and O–H groups in total. The third kappa shape index (κ3) is 5.43. The molecule has 1 heterocycles. The van der Waals surface area contributed by atoms with Crippen LogP contribution < -0.4 is 10.6 Å². The van der Waals surface area contributed by atoms with Gasteiger partial charge in [-0.2, -0.15) is 0 Å². The molecule has 2 aromatic carbocycles. The number of aromatic nitrogens is 3. The summed E-state index contributed by atoms with van der Waals surface area (Å²) in [5.41, 5.74) is 0.0488. The van der Waals surface area contributed by atoms with Gasteiger partial charge in [0.15, 0.2) is 22.6 Å². The summed E-state index contributed by atoms with van der Waals surface area (Å²) >= 11 is 1.07. The van der Waals surface area contributed by atoms with Crippen molar-refractivity contribution in [2.45, 2.75) is 18.1 Å². The molecule has 7 nitrogen and oxygen atoms in total. The lowest BCUT2D eigenvalue weighted by molar-refractivity contribution is -0.113. The monoisotopic (exact) mass is 449 g/mol. The Kier molecular flexibility index (Phi) is 6.95. The molecule has 3 aromatic rings. The molecule has 0 saturated heterocycles. The van der Waals surface area contributed by atoms with Gasteiger partial charge in [-0.05, 0) is 31.2 Å². The smallest absolute Gasteiger partial charge is 0.254 e. The predicted octanol–water partition coefficient (Wildman–Crippen LogP) is 3.45. The number of nitrogens with one attached hydrogen (secondary N) is 2. The molecule has 1 atom stereocenters. The van der Waals surface area contributed by atoms with E-state index in [0.29, 0.717) is 11.0 Å². The molecule has 0 saturated carbocycles. The summed E-state index contributed by atoms with van der Waals surface area (Å²) in [6.45, 7) is 1.67. The van der Waals surface area contributed by atoms with Crippen molar-refractivity contribution in [3.05, 3.63) is 71.3 Å². The van der Waals surface area contributed by atoms with Gasteiger partial charge in [-0.25, -0.2) is 13.2 Å². The molecule has 0 radical (unpaired) electrons. The van der Waals surface area contributed by atoms with Gasteiger partial charge in [0.05, 0.1) is 17.4 Å². The summed E-state index contributed by atoms with van der Waals surface area (Å²) < 4.78 is 41.6. The van der Waals surface area contributed by atoms with E-state index in [9.17, 15) is 22.8 Å². The summed E-state index contributed by atoms with van der Waals surface area (Å²) in [5.74, 6) is -3.37. The quantitative estimate of drug-likeness (QED) is 0.540. The number of rotatable bonds is 7. The fourth-order valence-corrected chi connectivity index (χ4v) is 3.43. The van der Waals surface area contributed by atoms with Gasteiger partial charge in [0.1, 0.15) is 5.82 Å². The lowest BCUT2D eigenvalue weighted by Gasteiger charge is -2.14. The number of carbonyl (C=O) groups excluding carboxylic acids is 2. The Morgan fingerprint density at radius 3 is 2.52 bits per heavy atom. The number of hydrogen-bond acceptors (Lipinski definition) is 5. The Bertz CT molecular complexity index is 1120. The summed E-state index contributed by atoms with van der Waals surface area (Å²) in [7, 11) is 1.66. The second-order valence-electron chi connectivity index (χ2n) is 6.54. The minimum Gasteiger partial charge on any atom is -0.342 e. The fraction of sp³-hybridized carbons (Fsp3) is 0.200. The number of benzene rings is 2. The van der Waals surface area contributed by atoms with E-state index in [4.69, 9.17) is 0 Å². The van der Waals surface area contributed by atoms with Crippen LogP contribution in [0.1, 0.15) is 29.1 Å². The van der Waals surface area contributed by atoms with Crippen molar-refractivity contribution in [2.75, 3.05) is 11.1 Å². The number of hydrogen-bond donors (Lipinski definition) is 2. The molecule has 162 valence electrons. The van der Waals surface area contributed by atoms with Crippen molar-refractivity contribution in [1.29, 1.82) is 0 Å². The zero-order valence-electron chi connectivity index (χ0n) is 16.5. The van der Waals surface area contributed by atoms with E-state index in [1.807, 2.05) is 0 Å². The van der Waals surface area contributed by atoms with Crippen LogP contribution in [-0.2, 0) is 11.8 Å². The third-order valence-electron chi connectivity index (χ3n) is 4.26. The van der Waals surface area contributed by atoms with Crippen molar-refractivity contribution in [3.8, 4) is 0 Å². The standard InChI is InChI=1S/C20H18F3N5O2S/c1-11(24-19(30)13-5-3-4-6-14(13)21)18-26-27-20(28(18)2)31-10-17(29)25-12-7-8-15(22)16(23)9-12/h3-9,11H,10H2,1-2H3,(H,24,30)(H,25,29)/t11-/m0/s1.